The number of aryl methyl sites for hydroxylation is 1. The molecule has 2 aromatic rings. The smallest absolute Gasteiger partial charge is 0.224 e. The van der Waals surface area contributed by atoms with Crippen LogP contribution in [0.4, 0.5) is 4.39 Å². The van der Waals surface area contributed by atoms with Crippen LogP contribution in [0.15, 0.2) is 36.7 Å². The van der Waals surface area contributed by atoms with Crippen LogP contribution in [0.25, 0.3) is 0 Å². The molecule has 4 nitrogen and oxygen atoms in total. The Morgan fingerprint density at radius 3 is 2.86 bits per heavy atom. The topological polar surface area (TPSA) is 46.9 Å². The number of carbonyl (C=O) groups is 1. The number of halogens is 1. The van der Waals surface area contributed by atoms with Crippen molar-refractivity contribution in [2.24, 2.45) is 18.9 Å². The molecule has 5 heteroatoms. The van der Waals surface area contributed by atoms with Gasteiger partial charge < -0.3 is 9.88 Å². The summed E-state index contributed by atoms with van der Waals surface area (Å²) in [4.78, 5) is 16.5. The molecule has 21 heavy (non-hydrogen) atoms. The number of carbonyl (C=O) groups excluding carboxylic acids is 1. The van der Waals surface area contributed by atoms with E-state index in [9.17, 15) is 9.18 Å². The zero-order valence-corrected chi connectivity index (χ0v) is 12.1. The zero-order chi connectivity index (χ0) is 15.0. The van der Waals surface area contributed by atoms with Crippen LogP contribution < -0.4 is 5.32 Å². The molecule has 0 bridgehead atoms. The van der Waals surface area contributed by atoms with E-state index in [-0.39, 0.29) is 17.6 Å². The number of hydrogen-bond donors (Lipinski definition) is 1. The fourth-order valence-corrected chi connectivity index (χ4v) is 2.58. The molecule has 3 rings (SSSR count). The van der Waals surface area contributed by atoms with Gasteiger partial charge in [0.1, 0.15) is 17.7 Å². The molecular formula is C16H18FN3O. The molecule has 0 unspecified atom stereocenters. The van der Waals surface area contributed by atoms with Crippen molar-refractivity contribution in [2.45, 2.75) is 19.4 Å². The van der Waals surface area contributed by atoms with E-state index in [0.717, 1.165) is 6.42 Å². The predicted molar refractivity (Wildman–Crippen MR) is 76.9 cm³/mol. The fraction of sp³-hybridized carbons (Fsp3) is 0.375. The molecule has 1 saturated carbocycles. The summed E-state index contributed by atoms with van der Waals surface area (Å²) < 4.78 is 15.3. The van der Waals surface area contributed by atoms with Crippen LogP contribution >= 0.6 is 0 Å². The van der Waals surface area contributed by atoms with Crippen molar-refractivity contribution in [3.05, 3.63) is 53.9 Å². The normalized spacial score (nSPS) is 21.9. The zero-order valence-electron chi connectivity index (χ0n) is 12.1. The second-order valence-corrected chi connectivity index (χ2v) is 5.71. The van der Waals surface area contributed by atoms with Crippen LogP contribution in [0.3, 0.4) is 0 Å². The summed E-state index contributed by atoms with van der Waals surface area (Å²) in [5.74, 6) is 0.892. The van der Waals surface area contributed by atoms with Crippen molar-refractivity contribution in [2.75, 3.05) is 0 Å². The molecule has 1 fully saturated rings. The minimum Gasteiger partial charge on any atom is -0.342 e. The first-order chi connectivity index (χ1) is 10.1. The summed E-state index contributed by atoms with van der Waals surface area (Å²) in [6.07, 6.45) is 4.41. The van der Waals surface area contributed by atoms with Gasteiger partial charge >= 0.3 is 0 Å². The number of rotatable bonds is 4. The first-order valence-corrected chi connectivity index (χ1v) is 7.09. The highest BCUT2D eigenvalue weighted by atomic mass is 19.1. The lowest BCUT2D eigenvalue weighted by Gasteiger charge is -2.19. The molecular weight excluding hydrogens is 269 g/mol. The van der Waals surface area contributed by atoms with Crippen LogP contribution in [0, 0.1) is 17.7 Å². The molecule has 1 amide bonds. The van der Waals surface area contributed by atoms with E-state index in [4.69, 9.17) is 0 Å². The summed E-state index contributed by atoms with van der Waals surface area (Å²) in [7, 11) is 1.86. The number of amides is 1. The second-order valence-electron chi connectivity index (χ2n) is 5.71. The maximum absolute atomic E-state index is 13.5. The Morgan fingerprint density at radius 1 is 1.52 bits per heavy atom. The molecule has 3 atom stereocenters. The van der Waals surface area contributed by atoms with Gasteiger partial charge in [-0.2, -0.15) is 0 Å². The van der Waals surface area contributed by atoms with Crippen LogP contribution in [-0.2, 0) is 11.8 Å². The third-order valence-corrected chi connectivity index (χ3v) is 4.03. The van der Waals surface area contributed by atoms with Gasteiger partial charge in [0.15, 0.2) is 0 Å². The fourth-order valence-electron chi connectivity index (χ4n) is 2.58. The van der Waals surface area contributed by atoms with Crippen LogP contribution in [0.2, 0.25) is 0 Å². The van der Waals surface area contributed by atoms with E-state index in [2.05, 4.69) is 17.2 Å². The lowest BCUT2D eigenvalue weighted by atomic mass is 10.1. The number of aromatic nitrogens is 2. The summed E-state index contributed by atoms with van der Waals surface area (Å²) >= 11 is 0. The van der Waals surface area contributed by atoms with Crippen molar-refractivity contribution in [3.8, 4) is 0 Å². The molecule has 0 spiro atoms. The Balaban J connectivity index is 1.91. The van der Waals surface area contributed by atoms with E-state index in [1.807, 2.05) is 17.8 Å². The minimum atomic E-state index is -0.430. The summed E-state index contributed by atoms with van der Waals surface area (Å²) in [5, 5.41) is 3.01. The molecule has 1 aliphatic rings. The Hall–Kier alpha value is -2.17. The number of imidazole rings is 1. The molecule has 1 aromatic heterocycles. The van der Waals surface area contributed by atoms with E-state index < -0.39 is 6.04 Å². The maximum Gasteiger partial charge on any atom is 0.224 e. The third kappa shape index (κ3) is 2.82. The standard InChI is InChI=1S/C16H18FN3O/c1-10-8-13(10)16(21)19-14(15-18-6-7-20(15)2)11-4-3-5-12(17)9-11/h3-7,9-10,13-14H,8H2,1-2H3,(H,19,21)/t10-,13-,14-/m1/s1. The summed E-state index contributed by atoms with van der Waals surface area (Å²) in [6, 6.07) is 5.85. The Labute approximate surface area is 123 Å². The molecule has 0 aliphatic heterocycles. The average molecular weight is 287 g/mol. The van der Waals surface area contributed by atoms with Gasteiger partial charge in [0, 0.05) is 25.4 Å². The lowest BCUT2D eigenvalue weighted by Crippen LogP contribution is -2.32. The minimum absolute atomic E-state index is 0.0137. The maximum atomic E-state index is 13.5. The van der Waals surface area contributed by atoms with E-state index in [1.54, 1.807) is 18.3 Å². The second kappa shape index (κ2) is 5.31. The molecule has 1 aliphatic carbocycles. The number of nitrogens with zero attached hydrogens (tertiary/aromatic N) is 2. The quantitative estimate of drug-likeness (QED) is 0.938. The van der Waals surface area contributed by atoms with Crippen molar-refractivity contribution in [1.29, 1.82) is 0 Å². The van der Waals surface area contributed by atoms with Crippen molar-refractivity contribution in [3.63, 3.8) is 0 Å². The Kier molecular flexibility index (Phi) is 3.49. The van der Waals surface area contributed by atoms with E-state index in [1.165, 1.54) is 12.1 Å². The van der Waals surface area contributed by atoms with Crippen molar-refractivity contribution < 1.29 is 9.18 Å². The predicted octanol–water partition coefficient (Wildman–Crippen LogP) is 2.42. The lowest BCUT2D eigenvalue weighted by molar-refractivity contribution is -0.123. The number of nitrogens with one attached hydrogen (secondary N) is 1. The Morgan fingerprint density at radius 2 is 2.29 bits per heavy atom. The largest absolute Gasteiger partial charge is 0.342 e. The SMILES string of the molecule is C[C@@H]1C[C@H]1C(=O)N[C@H](c1cccc(F)c1)c1nccn1C. The molecule has 0 radical (unpaired) electrons. The van der Waals surface area contributed by atoms with Crippen LogP contribution in [0.5, 0.6) is 0 Å². The van der Waals surface area contributed by atoms with Crippen LogP contribution in [0.1, 0.15) is 30.8 Å². The first-order valence-electron chi connectivity index (χ1n) is 7.09. The first kappa shape index (κ1) is 13.8. The summed E-state index contributed by atoms with van der Waals surface area (Å²) in [6.45, 7) is 2.06. The van der Waals surface area contributed by atoms with Crippen LogP contribution in [-0.4, -0.2) is 15.5 Å². The monoisotopic (exact) mass is 287 g/mol. The Bertz CT molecular complexity index is 667. The molecule has 1 aromatic carbocycles. The van der Waals surface area contributed by atoms with Gasteiger partial charge in [0.2, 0.25) is 5.91 Å². The van der Waals surface area contributed by atoms with Gasteiger partial charge in [-0.15, -0.1) is 0 Å². The summed E-state index contributed by atoms with van der Waals surface area (Å²) in [5.41, 5.74) is 0.700. The average Bonchev–Trinajstić information content (AvgIpc) is 3.03. The highest BCUT2D eigenvalue weighted by Gasteiger charge is 2.40. The van der Waals surface area contributed by atoms with Crippen molar-refractivity contribution >= 4 is 5.91 Å². The van der Waals surface area contributed by atoms with Crippen molar-refractivity contribution in [1.82, 2.24) is 14.9 Å². The third-order valence-electron chi connectivity index (χ3n) is 4.03. The molecule has 110 valence electrons. The van der Waals surface area contributed by atoms with E-state index >= 15 is 0 Å². The van der Waals surface area contributed by atoms with Gasteiger partial charge in [0.25, 0.3) is 0 Å². The van der Waals surface area contributed by atoms with E-state index in [0.29, 0.717) is 17.3 Å². The van der Waals surface area contributed by atoms with Gasteiger partial charge in [-0.3, -0.25) is 4.79 Å². The highest BCUT2D eigenvalue weighted by molar-refractivity contribution is 5.82. The molecule has 1 N–H and O–H groups in total. The molecule has 1 heterocycles. The molecule has 0 saturated heterocycles. The number of hydrogen-bond acceptors (Lipinski definition) is 2. The van der Waals surface area contributed by atoms with Gasteiger partial charge in [0.05, 0.1) is 0 Å². The van der Waals surface area contributed by atoms with Gasteiger partial charge in [-0.25, -0.2) is 9.37 Å². The van der Waals surface area contributed by atoms with Gasteiger partial charge in [-0.1, -0.05) is 19.1 Å². The number of benzene rings is 1. The van der Waals surface area contributed by atoms with Gasteiger partial charge in [-0.05, 0) is 30.0 Å². The highest BCUT2D eigenvalue weighted by Crippen LogP contribution is 2.38.